The van der Waals surface area contributed by atoms with Gasteiger partial charge in [0.05, 0.1) is 5.69 Å². The molecule has 2 atom stereocenters. The molecule has 0 radical (unpaired) electrons. The maximum Gasteiger partial charge on any atom is 0.183 e. The molecule has 2 N–H and O–H groups in total. The Balaban J connectivity index is 1.66. The summed E-state index contributed by atoms with van der Waals surface area (Å²) in [6, 6.07) is 2.13. The predicted molar refractivity (Wildman–Crippen MR) is 68.2 cm³/mol. The largest absolute Gasteiger partial charge is 0.359 e. The number of hydrogen-bond acceptors (Lipinski definition) is 4. The standard InChI is InChI=1S/C12H19N3S/c1-7-8(2)16-12(13-7)15-11-5-9-3-4-10(6-11)14-9/h9-11,14H,3-6H2,1-2H3,(H,13,15). The fraction of sp³-hybridized carbons (Fsp3) is 0.750. The summed E-state index contributed by atoms with van der Waals surface area (Å²) in [5.74, 6) is 0. The number of piperidine rings is 1. The van der Waals surface area contributed by atoms with Crippen molar-refractivity contribution >= 4 is 16.5 Å². The molecule has 16 heavy (non-hydrogen) atoms. The lowest BCUT2D eigenvalue weighted by Crippen LogP contribution is -2.43. The number of nitrogens with one attached hydrogen (secondary N) is 2. The van der Waals surface area contributed by atoms with Gasteiger partial charge < -0.3 is 10.6 Å². The molecule has 88 valence electrons. The first-order valence-corrected chi connectivity index (χ1v) is 6.99. The van der Waals surface area contributed by atoms with Gasteiger partial charge in [-0.05, 0) is 39.5 Å². The van der Waals surface area contributed by atoms with Gasteiger partial charge in [-0.15, -0.1) is 11.3 Å². The maximum absolute atomic E-state index is 4.56. The number of aromatic nitrogens is 1. The molecule has 0 aromatic carbocycles. The van der Waals surface area contributed by atoms with E-state index in [2.05, 4.69) is 29.5 Å². The van der Waals surface area contributed by atoms with Gasteiger partial charge in [0.25, 0.3) is 0 Å². The lowest BCUT2D eigenvalue weighted by Gasteiger charge is -2.29. The van der Waals surface area contributed by atoms with Crippen molar-refractivity contribution in [3.05, 3.63) is 10.6 Å². The lowest BCUT2D eigenvalue weighted by molar-refractivity contribution is 0.378. The predicted octanol–water partition coefficient (Wildman–Crippen LogP) is 2.45. The van der Waals surface area contributed by atoms with E-state index < -0.39 is 0 Å². The Labute approximate surface area is 101 Å². The van der Waals surface area contributed by atoms with Gasteiger partial charge in [-0.2, -0.15) is 0 Å². The van der Waals surface area contributed by atoms with Crippen molar-refractivity contribution in [2.24, 2.45) is 0 Å². The normalized spacial score (nSPS) is 33.0. The van der Waals surface area contributed by atoms with Crippen LogP contribution < -0.4 is 10.6 Å². The highest BCUT2D eigenvalue weighted by molar-refractivity contribution is 7.15. The van der Waals surface area contributed by atoms with Crippen LogP contribution in [0.5, 0.6) is 0 Å². The van der Waals surface area contributed by atoms with Gasteiger partial charge in [-0.1, -0.05) is 0 Å². The molecule has 0 spiro atoms. The quantitative estimate of drug-likeness (QED) is 0.829. The van der Waals surface area contributed by atoms with E-state index >= 15 is 0 Å². The van der Waals surface area contributed by atoms with Crippen LogP contribution in [0.1, 0.15) is 36.3 Å². The number of nitrogens with zero attached hydrogens (tertiary/aromatic N) is 1. The van der Waals surface area contributed by atoms with E-state index in [0.29, 0.717) is 6.04 Å². The van der Waals surface area contributed by atoms with Crippen molar-refractivity contribution in [2.75, 3.05) is 5.32 Å². The lowest BCUT2D eigenvalue weighted by atomic mass is 10.0. The molecular formula is C12H19N3S. The monoisotopic (exact) mass is 237 g/mol. The van der Waals surface area contributed by atoms with Crippen LogP contribution in [0.25, 0.3) is 0 Å². The van der Waals surface area contributed by atoms with Crippen LogP contribution in [0.4, 0.5) is 5.13 Å². The third-order valence-corrected chi connectivity index (χ3v) is 4.83. The summed E-state index contributed by atoms with van der Waals surface area (Å²) in [7, 11) is 0. The molecule has 2 saturated heterocycles. The van der Waals surface area contributed by atoms with Crippen molar-refractivity contribution in [3.8, 4) is 0 Å². The van der Waals surface area contributed by atoms with E-state index in [-0.39, 0.29) is 0 Å². The van der Waals surface area contributed by atoms with E-state index in [1.165, 1.54) is 36.3 Å². The van der Waals surface area contributed by atoms with Crippen LogP contribution in [-0.2, 0) is 0 Å². The van der Waals surface area contributed by atoms with Crippen LogP contribution in [0.3, 0.4) is 0 Å². The minimum Gasteiger partial charge on any atom is -0.359 e. The Hall–Kier alpha value is -0.610. The molecule has 0 saturated carbocycles. The highest BCUT2D eigenvalue weighted by atomic mass is 32.1. The minimum absolute atomic E-state index is 0.628. The second-order valence-corrected chi connectivity index (χ2v) is 6.31. The average molecular weight is 237 g/mol. The highest BCUT2D eigenvalue weighted by Gasteiger charge is 2.33. The molecule has 2 aliphatic heterocycles. The van der Waals surface area contributed by atoms with Gasteiger partial charge in [-0.25, -0.2) is 4.98 Å². The Morgan fingerprint density at radius 3 is 2.50 bits per heavy atom. The zero-order chi connectivity index (χ0) is 11.1. The van der Waals surface area contributed by atoms with Crippen molar-refractivity contribution < 1.29 is 0 Å². The number of anilines is 1. The van der Waals surface area contributed by atoms with Gasteiger partial charge in [0.2, 0.25) is 0 Å². The number of fused-ring (bicyclic) bond motifs is 2. The number of rotatable bonds is 2. The topological polar surface area (TPSA) is 37.0 Å². The maximum atomic E-state index is 4.56. The summed E-state index contributed by atoms with van der Waals surface area (Å²) in [5.41, 5.74) is 1.17. The molecule has 3 nitrogen and oxygen atoms in total. The van der Waals surface area contributed by atoms with Gasteiger partial charge in [0, 0.05) is 23.0 Å². The molecular weight excluding hydrogens is 218 g/mol. The zero-order valence-electron chi connectivity index (χ0n) is 9.92. The van der Waals surface area contributed by atoms with Crippen LogP contribution >= 0.6 is 11.3 Å². The smallest absolute Gasteiger partial charge is 0.183 e. The molecule has 0 aliphatic carbocycles. The summed E-state index contributed by atoms with van der Waals surface area (Å²) < 4.78 is 0. The number of aryl methyl sites for hydroxylation is 2. The fourth-order valence-corrected chi connectivity index (χ4v) is 3.78. The van der Waals surface area contributed by atoms with Gasteiger partial charge in [-0.3, -0.25) is 0 Å². The van der Waals surface area contributed by atoms with Crippen molar-refractivity contribution in [1.82, 2.24) is 10.3 Å². The first-order chi connectivity index (χ1) is 7.70. The molecule has 3 rings (SSSR count). The molecule has 1 aromatic heterocycles. The Kier molecular flexibility index (Phi) is 2.64. The molecule has 4 heteroatoms. The second-order valence-electron chi connectivity index (χ2n) is 5.11. The van der Waals surface area contributed by atoms with E-state index in [1.807, 2.05) is 0 Å². The summed E-state index contributed by atoms with van der Waals surface area (Å²) in [4.78, 5) is 5.89. The summed E-state index contributed by atoms with van der Waals surface area (Å²) in [6.45, 7) is 4.23. The molecule has 1 aromatic rings. The van der Waals surface area contributed by atoms with Crippen molar-refractivity contribution in [1.29, 1.82) is 0 Å². The van der Waals surface area contributed by atoms with E-state index in [1.54, 1.807) is 11.3 Å². The summed E-state index contributed by atoms with van der Waals surface area (Å²) >= 11 is 1.79. The zero-order valence-corrected chi connectivity index (χ0v) is 10.7. The second kappa shape index (κ2) is 4.00. The molecule has 2 fully saturated rings. The van der Waals surface area contributed by atoms with E-state index in [4.69, 9.17) is 0 Å². The van der Waals surface area contributed by atoms with E-state index in [9.17, 15) is 0 Å². The molecule has 2 aliphatic rings. The summed E-state index contributed by atoms with van der Waals surface area (Å²) in [6.07, 6.45) is 5.24. The van der Waals surface area contributed by atoms with Crippen LogP contribution in [0.15, 0.2) is 0 Å². The fourth-order valence-electron chi connectivity index (χ4n) is 2.88. The molecule has 3 heterocycles. The molecule has 2 unspecified atom stereocenters. The third kappa shape index (κ3) is 1.96. The van der Waals surface area contributed by atoms with Crippen LogP contribution in [0.2, 0.25) is 0 Å². The Morgan fingerprint density at radius 2 is 1.94 bits per heavy atom. The minimum atomic E-state index is 0.628. The Morgan fingerprint density at radius 1 is 1.25 bits per heavy atom. The SMILES string of the molecule is Cc1nc(NC2CC3CCC(C2)N3)sc1C. The molecule has 0 amide bonds. The molecule has 2 bridgehead atoms. The van der Waals surface area contributed by atoms with Crippen molar-refractivity contribution in [3.63, 3.8) is 0 Å². The van der Waals surface area contributed by atoms with Crippen LogP contribution in [-0.4, -0.2) is 23.1 Å². The van der Waals surface area contributed by atoms with E-state index in [0.717, 1.165) is 17.2 Å². The summed E-state index contributed by atoms with van der Waals surface area (Å²) in [5, 5.41) is 8.39. The van der Waals surface area contributed by atoms with Crippen LogP contribution in [0, 0.1) is 13.8 Å². The average Bonchev–Trinajstić information content (AvgIpc) is 2.72. The first kappa shape index (κ1) is 10.5. The number of hydrogen-bond donors (Lipinski definition) is 2. The van der Waals surface area contributed by atoms with Gasteiger partial charge in [0.1, 0.15) is 0 Å². The Bertz CT molecular complexity index is 356. The van der Waals surface area contributed by atoms with Crippen molar-refractivity contribution in [2.45, 2.75) is 57.7 Å². The van der Waals surface area contributed by atoms with Gasteiger partial charge in [0.15, 0.2) is 5.13 Å². The third-order valence-electron chi connectivity index (χ3n) is 3.83. The highest BCUT2D eigenvalue weighted by Crippen LogP contribution is 2.30. The number of thiazole rings is 1. The first-order valence-electron chi connectivity index (χ1n) is 6.17. The van der Waals surface area contributed by atoms with Gasteiger partial charge >= 0.3 is 0 Å².